The molecule has 1 unspecified atom stereocenters. The average molecular weight is 475 g/mol. The van der Waals surface area contributed by atoms with E-state index >= 15 is 0 Å². The number of benzene rings is 2. The SMILES string of the molecule is C=C.C=C(C)C=O.C=C/C=C(\C=C)C1(c2ccccc2)C(C=C)=C(C(=C)C/C=C\C)c2ccccc21. The summed E-state index contributed by atoms with van der Waals surface area (Å²) >= 11 is 0. The van der Waals surface area contributed by atoms with Crippen LogP contribution in [0.2, 0.25) is 0 Å². The standard InChI is InChI=1S/C29H28.C4H6O.C2H4/c1-6-10-17-22(5)28-25-20-14-15-21-27(25)29(26(28)9-4,23(8-3)16-7-2)24-18-12-11-13-19-24;1-4(2)3-5;1-2/h6-16,18-21H,2-5,17H2,1H3;3H,1H2,2H3;1-2H2/b10-6-,23-16+;;. The molecular formula is C35H38O. The van der Waals surface area contributed by atoms with Crippen LogP contribution in [-0.2, 0) is 10.2 Å². The van der Waals surface area contributed by atoms with Crippen molar-refractivity contribution in [3.8, 4) is 0 Å². The third kappa shape index (κ3) is 6.06. The molecule has 184 valence electrons. The molecular weight excluding hydrogens is 436 g/mol. The highest BCUT2D eigenvalue weighted by molar-refractivity contribution is 5.94. The first-order chi connectivity index (χ1) is 17.4. The molecule has 3 rings (SSSR count). The number of carbonyl (C=O) groups is 1. The smallest absolute Gasteiger partial charge is 0.145 e. The highest BCUT2D eigenvalue weighted by Crippen LogP contribution is 2.56. The van der Waals surface area contributed by atoms with E-state index in [1.165, 1.54) is 22.3 Å². The third-order valence-electron chi connectivity index (χ3n) is 5.79. The second kappa shape index (κ2) is 14.9. The summed E-state index contributed by atoms with van der Waals surface area (Å²) in [6, 6.07) is 19.2. The van der Waals surface area contributed by atoms with Crippen molar-refractivity contribution in [1.29, 1.82) is 0 Å². The second-order valence-electron chi connectivity index (χ2n) is 8.06. The summed E-state index contributed by atoms with van der Waals surface area (Å²) in [4.78, 5) is 9.41. The van der Waals surface area contributed by atoms with Gasteiger partial charge in [-0.15, -0.1) is 13.2 Å². The number of aldehydes is 1. The first-order valence-electron chi connectivity index (χ1n) is 11.8. The molecule has 0 aromatic heterocycles. The van der Waals surface area contributed by atoms with Gasteiger partial charge < -0.3 is 0 Å². The van der Waals surface area contributed by atoms with Crippen LogP contribution >= 0.6 is 0 Å². The lowest BCUT2D eigenvalue weighted by molar-refractivity contribution is -0.104. The summed E-state index contributed by atoms with van der Waals surface area (Å²) < 4.78 is 0. The molecule has 0 amide bonds. The van der Waals surface area contributed by atoms with Crippen LogP contribution < -0.4 is 0 Å². The maximum atomic E-state index is 9.41. The lowest BCUT2D eigenvalue weighted by atomic mass is 9.66. The van der Waals surface area contributed by atoms with Crippen LogP contribution in [0.1, 0.15) is 37.0 Å². The Morgan fingerprint density at radius 2 is 1.53 bits per heavy atom. The summed E-state index contributed by atoms with van der Waals surface area (Å²) in [6.07, 6.45) is 13.6. The van der Waals surface area contributed by atoms with Crippen LogP contribution in [-0.4, -0.2) is 6.29 Å². The fraction of sp³-hybridized carbons (Fsp3) is 0.114. The van der Waals surface area contributed by atoms with Crippen LogP contribution in [0.4, 0.5) is 0 Å². The number of carbonyl (C=O) groups excluding carboxylic acids is 1. The predicted molar refractivity (Wildman–Crippen MR) is 160 cm³/mol. The molecule has 1 heteroatoms. The molecule has 0 fully saturated rings. The molecule has 1 atom stereocenters. The Bertz CT molecular complexity index is 1200. The van der Waals surface area contributed by atoms with E-state index in [0.29, 0.717) is 5.57 Å². The number of hydrogen-bond donors (Lipinski definition) is 0. The van der Waals surface area contributed by atoms with Crippen LogP contribution in [0, 0.1) is 0 Å². The lowest BCUT2D eigenvalue weighted by Gasteiger charge is -2.35. The summed E-state index contributed by atoms with van der Waals surface area (Å²) in [5.74, 6) is 0. The normalized spacial score (nSPS) is 16.0. The summed E-state index contributed by atoms with van der Waals surface area (Å²) in [6.45, 7) is 29.8. The Balaban J connectivity index is 0.000000826. The first-order valence-corrected chi connectivity index (χ1v) is 11.8. The largest absolute Gasteiger partial charge is 0.298 e. The molecule has 1 aliphatic rings. The number of hydrogen-bond acceptors (Lipinski definition) is 1. The zero-order valence-corrected chi connectivity index (χ0v) is 21.8. The van der Waals surface area contributed by atoms with Crippen molar-refractivity contribution in [2.24, 2.45) is 0 Å². The topological polar surface area (TPSA) is 17.1 Å². The van der Waals surface area contributed by atoms with E-state index in [2.05, 4.69) is 113 Å². The van der Waals surface area contributed by atoms with Gasteiger partial charge in [0, 0.05) is 0 Å². The number of allylic oxidation sites excluding steroid dienone is 11. The van der Waals surface area contributed by atoms with E-state index in [1.54, 1.807) is 6.92 Å². The van der Waals surface area contributed by atoms with Crippen LogP contribution in [0.25, 0.3) is 5.57 Å². The molecule has 2 aromatic carbocycles. The van der Waals surface area contributed by atoms with E-state index in [9.17, 15) is 4.79 Å². The van der Waals surface area contributed by atoms with Gasteiger partial charge in [0.15, 0.2) is 0 Å². The molecule has 0 spiro atoms. The molecule has 1 aliphatic carbocycles. The van der Waals surface area contributed by atoms with Gasteiger partial charge in [0.25, 0.3) is 0 Å². The predicted octanol–water partition coefficient (Wildman–Crippen LogP) is 9.31. The van der Waals surface area contributed by atoms with Gasteiger partial charge in [-0.2, -0.15) is 0 Å². The Morgan fingerprint density at radius 1 is 0.944 bits per heavy atom. The fourth-order valence-corrected chi connectivity index (χ4v) is 4.45. The fourth-order valence-electron chi connectivity index (χ4n) is 4.45. The molecule has 0 aliphatic heterocycles. The highest BCUT2D eigenvalue weighted by Gasteiger charge is 2.47. The number of rotatable bonds is 9. The van der Waals surface area contributed by atoms with Crippen molar-refractivity contribution in [2.75, 3.05) is 0 Å². The quantitative estimate of drug-likeness (QED) is 0.153. The van der Waals surface area contributed by atoms with Crippen molar-refractivity contribution < 1.29 is 4.79 Å². The molecule has 0 saturated heterocycles. The van der Waals surface area contributed by atoms with Gasteiger partial charge in [0.2, 0.25) is 0 Å². The zero-order valence-electron chi connectivity index (χ0n) is 21.8. The second-order valence-corrected chi connectivity index (χ2v) is 8.06. The molecule has 0 heterocycles. The zero-order chi connectivity index (χ0) is 27.1. The Morgan fingerprint density at radius 3 is 2.03 bits per heavy atom. The molecule has 0 saturated carbocycles. The van der Waals surface area contributed by atoms with E-state index in [1.807, 2.05) is 31.2 Å². The summed E-state index contributed by atoms with van der Waals surface area (Å²) in [7, 11) is 0. The third-order valence-corrected chi connectivity index (χ3v) is 5.79. The Kier molecular flexibility index (Phi) is 12.3. The van der Waals surface area contributed by atoms with Crippen molar-refractivity contribution in [3.05, 3.63) is 176 Å². The van der Waals surface area contributed by atoms with E-state index in [-0.39, 0.29) is 0 Å². The molecule has 2 aromatic rings. The molecule has 1 nitrogen and oxygen atoms in total. The maximum Gasteiger partial charge on any atom is 0.145 e. The van der Waals surface area contributed by atoms with E-state index < -0.39 is 5.41 Å². The highest BCUT2D eigenvalue weighted by atomic mass is 16.1. The van der Waals surface area contributed by atoms with Gasteiger partial charge >= 0.3 is 0 Å². The van der Waals surface area contributed by atoms with Gasteiger partial charge in [-0.25, -0.2) is 0 Å². The minimum atomic E-state index is -0.496. The molecule has 0 bridgehead atoms. The first kappa shape index (κ1) is 29.8. The van der Waals surface area contributed by atoms with Crippen molar-refractivity contribution in [3.63, 3.8) is 0 Å². The van der Waals surface area contributed by atoms with Crippen molar-refractivity contribution in [1.82, 2.24) is 0 Å². The Hall–Kier alpha value is -4.23. The van der Waals surface area contributed by atoms with Crippen LogP contribution in [0.5, 0.6) is 0 Å². The molecule has 36 heavy (non-hydrogen) atoms. The molecule has 0 radical (unpaired) electrons. The van der Waals surface area contributed by atoms with E-state index in [0.717, 1.165) is 29.4 Å². The van der Waals surface area contributed by atoms with Crippen molar-refractivity contribution >= 4 is 11.9 Å². The van der Waals surface area contributed by atoms with Gasteiger partial charge in [0.1, 0.15) is 6.29 Å². The molecule has 0 N–H and O–H groups in total. The Labute approximate surface area is 218 Å². The van der Waals surface area contributed by atoms with Crippen LogP contribution in [0.15, 0.2) is 159 Å². The van der Waals surface area contributed by atoms with Gasteiger partial charge in [0.05, 0.1) is 5.41 Å². The van der Waals surface area contributed by atoms with Crippen LogP contribution in [0.3, 0.4) is 0 Å². The van der Waals surface area contributed by atoms with Gasteiger partial charge in [-0.1, -0.05) is 124 Å². The summed E-state index contributed by atoms with van der Waals surface area (Å²) in [5, 5.41) is 0. The monoisotopic (exact) mass is 474 g/mol. The summed E-state index contributed by atoms with van der Waals surface area (Å²) in [5.41, 5.74) is 8.18. The minimum Gasteiger partial charge on any atom is -0.298 e. The lowest BCUT2D eigenvalue weighted by Crippen LogP contribution is -2.29. The van der Waals surface area contributed by atoms with Gasteiger partial charge in [-0.3, -0.25) is 4.79 Å². The van der Waals surface area contributed by atoms with E-state index in [4.69, 9.17) is 0 Å². The number of fused-ring (bicyclic) bond motifs is 1. The van der Waals surface area contributed by atoms with Gasteiger partial charge in [-0.05, 0) is 64.8 Å². The minimum absolute atomic E-state index is 0.496. The van der Waals surface area contributed by atoms with Crippen molar-refractivity contribution in [2.45, 2.75) is 25.7 Å². The maximum absolute atomic E-state index is 9.41. The average Bonchev–Trinajstić information content (AvgIpc) is 3.23.